The summed E-state index contributed by atoms with van der Waals surface area (Å²) in [6.45, 7) is 1.36. The molecule has 1 fully saturated rings. The Morgan fingerprint density at radius 3 is 2.29 bits per heavy atom. The second kappa shape index (κ2) is 4.58. The van der Waals surface area contributed by atoms with Crippen molar-refractivity contribution in [2.75, 3.05) is 0 Å². The fraction of sp³-hybridized carbons (Fsp3) is 0.500. The Morgan fingerprint density at radius 2 is 1.79 bits per heavy atom. The number of hydrogen-bond acceptors (Lipinski definition) is 2. The molecule has 0 saturated heterocycles. The van der Waals surface area contributed by atoms with Crippen LogP contribution in [0.2, 0.25) is 0 Å². The summed E-state index contributed by atoms with van der Waals surface area (Å²) in [6.07, 6.45) is 4.32. The molecule has 1 aliphatic carbocycles. The molecule has 1 saturated carbocycles. The third kappa shape index (κ3) is 2.34. The van der Waals surface area contributed by atoms with Crippen molar-refractivity contribution in [3.05, 3.63) is 35.4 Å². The zero-order valence-electron chi connectivity index (χ0n) is 8.41. The Hall–Kier alpha value is -0.860. The molecule has 1 aliphatic rings. The Labute approximate surface area is 85.1 Å². The van der Waals surface area contributed by atoms with Crippen LogP contribution >= 0.6 is 0 Å². The van der Waals surface area contributed by atoms with Gasteiger partial charge in [0.2, 0.25) is 0 Å². The second-order valence-corrected chi connectivity index (χ2v) is 3.88. The predicted molar refractivity (Wildman–Crippen MR) is 56.8 cm³/mol. The van der Waals surface area contributed by atoms with Crippen LogP contribution < -0.4 is 5.73 Å². The van der Waals surface area contributed by atoms with Gasteiger partial charge in [-0.05, 0) is 30.4 Å². The monoisotopic (exact) mass is 191 g/mol. The van der Waals surface area contributed by atoms with Gasteiger partial charge in [-0.1, -0.05) is 24.3 Å². The summed E-state index contributed by atoms with van der Waals surface area (Å²) >= 11 is 0. The van der Waals surface area contributed by atoms with E-state index in [0.29, 0.717) is 12.6 Å². The maximum atomic E-state index is 5.71. The van der Waals surface area contributed by atoms with Crippen molar-refractivity contribution in [2.45, 2.75) is 38.5 Å². The van der Waals surface area contributed by atoms with Gasteiger partial charge in [-0.15, -0.1) is 0 Å². The highest BCUT2D eigenvalue weighted by molar-refractivity contribution is 5.21. The third-order valence-electron chi connectivity index (χ3n) is 2.80. The first-order valence-corrected chi connectivity index (χ1v) is 5.28. The number of hydrogen-bond donors (Lipinski definition) is 1. The molecule has 14 heavy (non-hydrogen) atoms. The smallest absolute Gasteiger partial charge is 0.0720 e. The molecule has 0 heterocycles. The Morgan fingerprint density at radius 1 is 1.14 bits per heavy atom. The van der Waals surface area contributed by atoms with Crippen LogP contribution in [0.15, 0.2) is 24.3 Å². The SMILES string of the molecule is NCc1ccc(COC2CCC2)cc1. The number of nitrogens with two attached hydrogens (primary N) is 1. The van der Waals surface area contributed by atoms with Gasteiger partial charge in [0.05, 0.1) is 12.7 Å². The average Bonchev–Trinajstić information content (AvgIpc) is 2.16. The Balaban J connectivity index is 1.83. The van der Waals surface area contributed by atoms with Crippen molar-refractivity contribution in [1.29, 1.82) is 0 Å². The fourth-order valence-electron chi connectivity index (χ4n) is 1.52. The van der Waals surface area contributed by atoms with Crippen LogP contribution in [-0.4, -0.2) is 6.10 Å². The molecule has 2 heteroatoms. The molecule has 1 aromatic rings. The Kier molecular flexibility index (Phi) is 3.17. The van der Waals surface area contributed by atoms with E-state index in [1.165, 1.54) is 30.4 Å². The van der Waals surface area contributed by atoms with Gasteiger partial charge in [-0.25, -0.2) is 0 Å². The van der Waals surface area contributed by atoms with Gasteiger partial charge in [-0.2, -0.15) is 0 Å². The van der Waals surface area contributed by atoms with E-state index in [1.807, 2.05) is 0 Å². The van der Waals surface area contributed by atoms with Gasteiger partial charge in [0.15, 0.2) is 0 Å². The molecule has 2 rings (SSSR count). The van der Waals surface area contributed by atoms with Crippen LogP contribution in [0.1, 0.15) is 30.4 Å². The normalized spacial score (nSPS) is 16.6. The van der Waals surface area contributed by atoms with Crippen LogP contribution in [0.5, 0.6) is 0 Å². The molecule has 0 aromatic heterocycles. The second-order valence-electron chi connectivity index (χ2n) is 3.88. The van der Waals surface area contributed by atoms with E-state index in [-0.39, 0.29) is 0 Å². The summed E-state index contributed by atoms with van der Waals surface area (Å²) in [5.74, 6) is 0. The zero-order chi connectivity index (χ0) is 9.80. The topological polar surface area (TPSA) is 35.2 Å². The van der Waals surface area contributed by atoms with Crippen LogP contribution in [-0.2, 0) is 17.9 Å². The van der Waals surface area contributed by atoms with Crippen LogP contribution in [0.4, 0.5) is 0 Å². The van der Waals surface area contributed by atoms with E-state index in [1.54, 1.807) is 0 Å². The summed E-state index contributed by atoms with van der Waals surface area (Å²) in [5, 5.41) is 0. The maximum Gasteiger partial charge on any atom is 0.0720 e. The van der Waals surface area contributed by atoms with E-state index in [4.69, 9.17) is 10.5 Å². The molecule has 2 nitrogen and oxygen atoms in total. The molecule has 0 aliphatic heterocycles. The highest BCUT2D eigenvalue weighted by atomic mass is 16.5. The molecule has 1 aromatic carbocycles. The lowest BCUT2D eigenvalue weighted by atomic mass is 9.96. The Bertz CT molecular complexity index is 277. The first-order valence-electron chi connectivity index (χ1n) is 5.28. The molecule has 0 amide bonds. The molecule has 0 radical (unpaired) electrons. The summed E-state index contributed by atoms with van der Waals surface area (Å²) in [6, 6.07) is 8.33. The van der Waals surface area contributed by atoms with Crippen molar-refractivity contribution in [3.63, 3.8) is 0 Å². The van der Waals surface area contributed by atoms with Crippen LogP contribution in [0.25, 0.3) is 0 Å². The molecule has 0 bridgehead atoms. The third-order valence-corrected chi connectivity index (χ3v) is 2.80. The quantitative estimate of drug-likeness (QED) is 0.792. The van der Waals surface area contributed by atoms with Crippen molar-refractivity contribution in [1.82, 2.24) is 0 Å². The summed E-state index contributed by atoms with van der Waals surface area (Å²) in [4.78, 5) is 0. The molecule has 0 spiro atoms. The number of ether oxygens (including phenoxy) is 1. The van der Waals surface area contributed by atoms with E-state index < -0.39 is 0 Å². The van der Waals surface area contributed by atoms with Crippen molar-refractivity contribution < 1.29 is 4.74 Å². The molecule has 0 atom stereocenters. The number of benzene rings is 1. The van der Waals surface area contributed by atoms with E-state index in [2.05, 4.69) is 24.3 Å². The van der Waals surface area contributed by atoms with Gasteiger partial charge in [-0.3, -0.25) is 0 Å². The minimum Gasteiger partial charge on any atom is -0.374 e. The molecular formula is C12H17NO. The minimum atomic E-state index is 0.518. The molecule has 76 valence electrons. The first kappa shape index (κ1) is 9.69. The lowest BCUT2D eigenvalue weighted by Gasteiger charge is -2.25. The van der Waals surface area contributed by atoms with E-state index >= 15 is 0 Å². The minimum absolute atomic E-state index is 0.518. The number of rotatable bonds is 4. The van der Waals surface area contributed by atoms with Gasteiger partial charge in [0.25, 0.3) is 0 Å². The van der Waals surface area contributed by atoms with Gasteiger partial charge < -0.3 is 10.5 Å². The average molecular weight is 191 g/mol. The van der Waals surface area contributed by atoms with E-state index in [0.717, 1.165) is 6.61 Å². The highest BCUT2D eigenvalue weighted by Gasteiger charge is 2.17. The molecular weight excluding hydrogens is 174 g/mol. The highest BCUT2D eigenvalue weighted by Crippen LogP contribution is 2.23. The summed E-state index contributed by atoms with van der Waals surface area (Å²) in [7, 11) is 0. The van der Waals surface area contributed by atoms with Gasteiger partial charge >= 0.3 is 0 Å². The summed E-state index contributed by atoms with van der Waals surface area (Å²) < 4.78 is 5.71. The van der Waals surface area contributed by atoms with Gasteiger partial charge in [0, 0.05) is 6.54 Å². The molecule has 0 unspecified atom stereocenters. The van der Waals surface area contributed by atoms with Crippen LogP contribution in [0.3, 0.4) is 0 Å². The standard InChI is InChI=1S/C12H17NO/c13-8-10-4-6-11(7-5-10)9-14-12-2-1-3-12/h4-7,12H,1-3,8-9,13H2. The lowest BCUT2D eigenvalue weighted by Crippen LogP contribution is -2.21. The van der Waals surface area contributed by atoms with Crippen molar-refractivity contribution >= 4 is 0 Å². The fourth-order valence-corrected chi connectivity index (χ4v) is 1.52. The lowest BCUT2D eigenvalue weighted by molar-refractivity contribution is -0.00866. The zero-order valence-corrected chi connectivity index (χ0v) is 8.41. The van der Waals surface area contributed by atoms with Crippen LogP contribution in [0, 0.1) is 0 Å². The summed E-state index contributed by atoms with van der Waals surface area (Å²) in [5.41, 5.74) is 7.94. The predicted octanol–water partition coefficient (Wildman–Crippen LogP) is 2.21. The van der Waals surface area contributed by atoms with Crippen molar-refractivity contribution in [3.8, 4) is 0 Å². The van der Waals surface area contributed by atoms with Crippen molar-refractivity contribution in [2.24, 2.45) is 5.73 Å². The van der Waals surface area contributed by atoms with E-state index in [9.17, 15) is 0 Å². The largest absolute Gasteiger partial charge is 0.374 e. The maximum absolute atomic E-state index is 5.71. The van der Waals surface area contributed by atoms with Gasteiger partial charge in [0.1, 0.15) is 0 Å². The first-order chi connectivity index (χ1) is 6.88. The molecule has 2 N–H and O–H groups in total.